The zero-order chi connectivity index (χ0) is 14.5. The van der Waals surface area contributed by atoms with E-state index in [1.807, 2.05) is 30.0 Å². The van der Waals surface area contributed by atoms with E-state index in [4.69, 9.17) is 0 Å². The minimum absolute atomic E-state index is 0.140. The quantitative estimate of drug-likeness (QED) is 0.782. The number of anilines is 1. The van der Waals surface area contributed by atoms with Gasteiger partial charge in [0.15, 0.2) is 5.78 Å². The number of pyridine rings is 1. The summed E-state index contributed by atoms with van der Waals surface area (Å²) in [5.74, 6) is -0.519. The van der Waals surface area contributed by atoms with Crippen LogP contribution < -0.4 is 4.90 Å². The molecule has 0 aliphatic carbocycles. The molecule has 0 atom stereocenters. The second kappa shape index (κ2) is 6.28. The molecule has 1 aromatic carbocycles. The van der Waals surface area contributed by atoms with Crippen molar-refractivity contribution < 1.29 is 9.18 Å². The smallest absolute Gasteiger partial charge is 0.161 e. The Kier molecular flexibility index (Phi) is 4.45. The number of halogens is 1. The normalized spacial score (nSPS) is 10.3. The largest absolute Gasteiger partial charge is 0.363 e. The lowest BCUT2D eigenvalue weighted by atomic mass is 10.1. The first-order valence-corrected chi connectivity index (χ1v) is 6.57. The molecule has 0 saturated heterocycles. The van der Waals surface area contributed by atoms with E-state index in [0.29, 0.717) is 24.3 Å². The van der Waals surface area contributed by atoms with Crippen LogP contribution in [-0.2, 0) is 6.54 Å². The van der Waals surface area contributed by atoms with Crippen molar-refractivity contribution in [2.45, 2.75) is 20.4 Å². The summed E-state index contributed by atoms with van der Waals surface area (Å²) < 4.78 is 14.1. The molecule has 2 aromatic rings. The molecule has 0 saturated carbocycles. The van der Waals surface area contributed by atoms with Gasteiger partial charge < -0.3 is 4.90 Å². The number of nitrogens with zero attached hydrogens (tertiary/aromatic N) is 2. The van der Waals surface area contributed by atoms with Crippen LogP contribution in [0.2, 0.25) is 0 Å². The third-order valence-electron chi connectivity index (χ3n) is 3.14. The van der Waals surface area contributed by atoms with Gasteiger partial charge in [-0.2, -0.15) is 0 Å². The van der Waals surface area contributed by atoms with Gasteiger partial charge in [-0.3, -0.25) is 9.78 Å². The molecule has 2 rings (SSSR count). The molecule has 4 heteroatoms. The van der Waals surface area contributed by atoms with Crippen molar-refractivity contribution in [3.8, 4) is 0 Å². The summed E-state index contributed by atoms with van der Waals surface area (Å²) in [6, 6.07) is 10.2. The van der Waals surface area contributed by atoms with Crippen LogP contribution in [0.1, 0.15) is 29.9 Å². The maximum Gasteiger partial charge on any atom is 0.161 e. The number of carbonyl (C=O) groups is 1. The van der Waals surface area contributed by atoms with Crippen LogP contribution in [0.3, 0.4) is 0 Å². The van der Waals surface area contributed by atoms with Gasteiger partial charge in [0.2, 0.25) is 0 Å². The third kappa shape index (κ3) is 3.02. The fourth-order valence-corrected chi connectivity index (χ4v) is 2.16. The van der Waals surface area contributed by atoms with E-state index >= 15 is 0 Å². The first kappa shape index (κ1) is 14.2. The van der Waals surface area contributed by atoms with Crippen LogP contribution in [0.25, 0.3) is 0 Å². The summed E-state index contributed by atoms with van der Waals surface area (Å²) in [6.45, 7) is 4.45. The number of ketones is 1. The Morgan fingerprint density at radius 2 is 2.05 bits per heavy atom. The highest BCUT2D eigenvalue weighted by molar-refractivity contribution is 5.99. The Morgan fingerprint density at radius 1 is 1.25 bits per heavy atom. The molecule has 3 nitrogen and oxygen atoms in total. The lowest BCUT2D eigenvalue weighted by Crippen LogP contribution is -2.25. The highest BCUT2D eigenvalue weighted by Crippen LogP contribution is 2.26. The van der Waals surface area contributed by atoms with Crippen molar-refractivity contribution in [2.24, 2.45) is 0 Å². The first-order valence-electron chi connectivity index (χ1n) is 6.57. The zero-order valence-electron chi connectivity index (χ0n) is 11.6. The molecule has 0 aliphatic rings. The Bertz CT molecular complexity index is 599. The molecule has 0 aliphatic heterocycles. The Labute approximate surface area is 118 Å². The topological polar surface area (TPSA) is 33.2 Å². The second-order valence-corrected chi connectivity index (χ2v) is 4.53. The molecule has 0 amide bonds. The van der Waals surface area contributed by atoms with Crippen molar-refractivity contribution in [3.63, 3.8) is 0 Å². The number of hydrogen-bond acceptors (Lipinski definition) is 3. The van der Waals surface area contributed by atoms with E-state index in [0.717, 1.165) is 5.69 Å². The fraction of sp³-hybridized carbons (Fsp3) is 0.250. The summed E-state index contributed by atoms with van der Waals surface area (Å²) in [5.41, 5.74) is 1.60. The Hall–Kier alpha value is -2.23. The summed E-state index contributed by atoms with van der Waals surface area (Å²) in [7, 11) is 0. The van der Waals surface area contributed by atoms with E-state index < -0.39 is 0 Å². The predicted octanol–water partition coefficient (Wildman–Crippen LogP) is 3.45. The molecule has 20 heavy (non-hydrogen) atoms. The third-order valence-corrected chi connectivity index (χ3v) is 3.14. The Morgan fingerprint density at radius 3 is 2.65 bits per heavy atom. The van der Waals surface area contributed by atoms with Gasteiger partial charge in [0.05, 0.1) is 17.9 Å². The van der Waals surface area contributed by atoms with Gasteiger partial charge in [-0.15, -0.1) is 0 Å². The van der Waals surface area contributed by atoms with Gasteiger partial charge in [-0.05, 0) is 38.1 Å². The number of Topliss-reactive ketones (excluding diaryl/α,β-unsaturated/α-hetero) is 1. The SMILES string of the molecule is CCN(Cc1ccccn1)c1c(F)cccc1C(C)=O. The molecular formula is C16H17FN2O. The molecule has 0 N–H and O–H groups in total. The van der Waals surface area contributed by atoms with E-state index in [-0.39, 0.29) is 11.6 Å². The van der Waals surface area contributed by atoms with Crippen LogP contribution in [0.5, 0.6) is 0 Å². The van der Waals surface area contributed by atoms with Crippen LogP contribution in [-0.4, -0.2) is 17.3 Å². The van der Waals surface area contributed by atoms with E-state index in [1.54, 1.807) is 18.3 Å². The van der Waals surface area contributed by atoms with E-state index in [2.05, 4.69) is 4.98 Å². The minimum Gasteiger partial charge on any atom is -0.363 e. The average molecular weight is 272 g/mol. The summed E-state index contributed by atoms with van der Waals surface area (Å²) in [5, 5.41) is 0. The average Bonchev–Trinajstić information content (AvgIpc) is 2.46. The van der Waals surface area contributed by atoms with Crippen molar-refractivity contribution >= 4 is 11.5 Å². The molecule has 0 spiro atoms. The van der Waals surface area contributed by atoms with Crippen molar-refractivity contribution in [2.75, 3.05) is 11.4 Å². The highest BCUT2D eigenvalue weighted by Gasteiger charge is 2.18. The van der Waals surface area contributed by atoms with Crippen LogP contribution in [0.15, 0.2) is 42.6 Å². The van der Waals surface area contributed by atoms with Gasteiger partial charge in [-0.1, -0.05) is 12.1 Å². The summed E-state index contributed by atoms with van der Waals surface area (Å²) in [4.78, 5) is 17.8. The number of carbonyl (C=O) groups excluding carboxylic acids is 1. The molecule has 104 valence electrons. The lowest BCUT2D eigenvalue weighted by molar-refractivity contribution is 0.101. The first-order chi connectivity index (χ1) is 9.63. The van der Waals surface area contributed by atoms with Gasteiger partial charge >= 0.3 is 0 Å². The number of rotatable bonds is 5. The Balaban J connectivity index is 2.39. The summed E-state index contributed by atoms with van der Waals surface area (Å²) in [6.07, 6.45) is 1.70. The monoisotopic (exact) mass is 272 g/mol. The molecule has 0 unspecified atom stereocenters. The molecule has 1 aromatic heterocycles. The van der Waals surface area contributed by atoms with Gasteiger partial charge in [-0.25, -0.2) is 4.39 Å². The lowest BCUT2D eigenvalue weighted by Gasteiger charge is -2.25. The maximum atomic E-state index is 14.1. The van der Waals surface area contributed by atoms with Crippen molar-refractivity contribution in [1.82, 2.24) is 4.98 Å². The number of hydrogen-bond donors (Lipinski definition) is 0. The van der Waals surface area contributed by atoms with Gasteiger partial charge in [0, 0.05) is 18.3 Å². The highest BCUT2D eigenvalue weighted by atomic mass is 19.1. The van der Waals surface area contributed by atoms with Crippen molar-refractivity contribution in [1.29, 1.82) is 0 Å². The van der Waals surface area contributed by atoms with Crippen LogP contribution in [0, 0.1) is 5.82 Å². The number of benzene rings is 1. The standard InChI is InChI=1S/C16H17FN2O/c1-3-19(11-13-7-4-5-10-18-13)16-14(12(2)20)8-6-9-15(16)17/h4-10H,3,11H2,1-2H3. The maximum absolute atomic E-state index is 14.1. The van der Waals surface area contributed by atoms with Crippen LogP contribution >= 0.6 is 0 Å². The molecule has 0 fully saturated rings. The predicted molar refractivity (Wildman–Crippen MR) is 77.4 cm³/mol. The zero-order valence-corrected chi connectivity index (χ0v) is 11.6. The fourth-order valence-electron chi connectivity index (χ4n) is 2.16. The molecule has 0 radical (unpaired) electrons. The van der Waals surface area contributed by atoms with E-state index in [1.165, 1.54) is 13.0 Å². The van der Waals surface area contributed by atoms with Gasteiger partial charge in [0.1, 0.15) is 5.82 Å². The number of aromatic nitrogens is 1. The minimum atomic E-state index is -0.379. The number of para-hydroxylation sites is 1. The van der Waals surface area contributed by atoms with Crippen molar-refractivity contribution in [3.05, 3.63) is 59.7 Å². The molecular weight excluding hydrogens is 255 g/mol. The molecule has 0 bridgehead atoms. The second-order valence-electron chi connectivity index (χ2n) is 4.53. The van der Waals surface area contributed by atoms with E-state index in [9.17, 15) is 9.18 Å². The summed E-state index contributed by atoms with van der Waals surface area (Å²) >= 11 is 0. The van der Waals surface area contributed by atoms with Crippen LogP contribution in [0.4, 0.5) is 10.1 Å². The van der Waals surface area contributed by atoms with Gasteiger partial charge in [0.25, 0.3) is 0 Å². The molecule has 1 heterocycles.